The van der Waals surface area contributed by atoms with Crippen molar-refractivity contribution >= 4 is 11.0 Å². The van der Waals surface area contributed by atoms with Crippen molar-refractivity contribution in [3.63, 3.8) is 0 Å². The van der Waals surface area contributed by atoms with E-state index in [9.17, 15) is 4.39 Å². The largest absolute Gasteiger partial charge is 0.328 e. The lowest BCUT2D eigenvalue weighted by Gasteiger charge is -2.06. The van der Waals surface area contributed by atoms with Crippen molar-refractivity contribution in [1.82, 2.24) is 9.55 Å². The van der Waals surface area contributed by atoms with Gasteiger partial charge in [0.15, 0.2) is 5.82 Å². The summed E-state index contributed by atoms with van der Waals surface area (Å²) in [5.74, 6) is -0.253. The Morgan fingerprint density at radius 3 is 2.85 bits per heavy atom. The quantitative estimate of drug-likeness (QED) is 0.656. The second-order valence-electron chi connectivity index (χ2n) is 3.35. The number of fused-ring (bicyclic) bond motifs is 1. The highest BCUT2D eigenvalue weighted by atomic mass is 19.1. The number of aromatic nitrogens is 2. The van der Waals surface area contributed by atoms with E-state index < -0.39 is 0 Å². The van der Waals surface area contributed by atoms with Gasteiger partial charge in [0, 0.05) is 6.04 Å². The van der Waals surface area contributed by atoms with Gasteiger partial charge in [-0.25, -0.2) is 9.37 Å². The second-order valence-corrected chi connectivity index (χ2v) is 3.35. The lowest BCUT2D eigenvalue weighted by Crippen LogP contribution is -1.97. The minimum Gasteiger partial charge on any atom is -0.328 e. The third-order valence-corrected chi connectivity index (χ3v) is 2.11. The first-order valence-corrected chi connectivity index (χ1v) is 4.31. The van der Waals surface area contributed by atoms with Crippen LogP contribution in [0.2, 0.25) is 0 Å². The summed E-state index contributed by atoms with van der Waals surface area (Å²) in [5, 5.41) is 0. The van der Waals surface area contributed by atoms with Gasteiger partial charge in [-0.1, -0.05) is 6.07 Å². The molecule has 0 N–H and O–H groups in total. The first kappa shape index (κ1) is 8.23. The predicted octanol–water partition coefficient (Wildman–Crippen LogP) is 2.76. The van der Waals surface area contributed by atoms with Gasteiger partial charge >= 0.3 is 0 Å². The summed E-state index contributed by atoms with van der Waals surface area (Å²) in [5.41, 5.74) is 1.31. The van der Waals surface area contributed by atoms with Crippen LogP contribution in [0.25, 0.3) is 11.0 Å². The summed E-state index contributed by atoms with van der Waals surface area (Å²) >= 11 is 0. The zero-order chi connectivity index (χ0) is 9.42. The van der Waals surface area contributed by atoms with E-state index in [0.717, 1.165) is 5.52 Å². The van der Waals surface area contributed by atoms with Gasteiger partial charge in [0.1, 0.15) is 5.52 Å². The Balaban J connectivity index is 2.75. The monoisotopic (exact) mass is 178 g/mol. The summed E-state index contributed by atoms with van der Waals surface area (Å²) in [6.07, 6.45) is 1.68. The minimum absolute atomic E-state index is 0.253. The SMILES string of the molecule is CC(C)n1cnc2c(F)cccc21. The van der Waals surface area contributed by atoms with E-state index in [4.69, 9.17) is 0 Å². The van der Waals surface area contributed by atoms with Crippen molar-refractivity contribution in [3.05, 3.63) is 30.3 Å². The van der Waals surface area contributed by atoms with Gasteiger partial charge in [-0.2, -0.15) is 0 Å². The molecule has 0 spiro atoms. The fraction of sp³-hybridized carbons (Fsp3) is 0.300. The number of benzene rings is 1. The molecule has 68 valence electrons. The Kier molecular flexibility index (Phi) is 1.79. The molecule has 2 rings (SSSR count). The minimum atomic E-state index is -0.253. The molecule has 0 amide bonds. The lowest BCUT2D eigenvalue weighted by molar-refractivity contribution is 0.617. The molecule has 0 unspecified atom stereocenters. The van der Waals surface area contributed by atoms with Gasteiger partial charge in [-0.05, 0) is 26.0 Å². The van der Waals surface area contributed by atoms with E-state index in [1.54, 1.807) is 12.4 Å². The molecule has 0 atom stereocenters. The van der Waals surface area contributed by atoms with Crippen LogP contribution in [0.15, 0.2) is 24.5 Å². The summed E-state index contributed by atoms with van der Waals surface area (Å²) < 4.78 is 15.1. The number of rotatable bonds is 1. The third-order valence-electron chi connectivity index (χ3n) is 2.11. The average molecular weight is 178 g/mol. The molecule has 0 saturated heterocycles. The van der Waals surface area contributed by atoms with E-state index in [1.165, 1.54) is 6.07 Å². The maximum Gasteiger partial charge on any atom is 0.151 e. The molecule has 1 aromatic heterocycles. The Hall–Kier alpha value is -1.38. The molecule has 2 nitrogen and oxygen atoms in total. The van der Waals surface area contributed by atoms with Crippen LogP contribution in [0.4, 0.5) is 4.39 Å². The van der Waals surface area contributed by atoms with Gasteiger partial charge in [0.2, 0.25) is 0 Å². The third kappa shape index (κ3) is 1.20. The van der Waals surface area contributed by atoms with Crippen LogP contribution in [0.5, 0.6) is 0 Å². The maximum absolute atomic E-state index is 13.2. The highest BCUT2D eigenvalue weighted by molar-refractivity contribution is 5.75. The van der Waals surface area contributed by atoms with Crippen molar-refractivity contribution < 1.29 is 4.39 Å². The number of nitrogens with zero attached hydrogens (tertiary/aromatic N) is 2. The molecule has 0 radical (unpaired) electrons. The van der Waals surface area contributed by atoms with Gasteiger partial charge in [0.05, 0.1) is 11.8 Å². The van der Waals surface area contributed by atoms with Gasteiger partial charge < -0.3 is 4.57 Å². The first-order valence-electron chi connectivity index (χ1n) is 4.31. The van der Waals surface area contributed by atoms with Crippen LogP contribution in [-0.4, -0.2) is 9.55 Å². The molecule has 0 aliphatic carbocycles. The number of hydrogen-bond donors (Lipinski definition) is 0. The number of imidazole rings is 1. The van der Waals surface area contributed by atoms with E-state index in [-0.39, 0.29) is 5.82 Å². The van der Waals surface area contributed by atoms with E-state index in [0.29, 0.717) is 11.6 Å². The maximum atomic E-state index is 13.2. The second kappa shape index (κ2) is 2.83. The summed E-state index contributed by atoms with van der Waals surface area (Å²) in [6.45, 7) is 4.10. The smallest absolute Gasteiger partial charge is 0.151 e. The molecule has 0 aliphatic heterocycles. The Morgan fingerprint density at radius 2 is 2.15 bits per heavy atom. The Morgan fingerprint density at radius 1 is 1.38 bits per heavy atom. The summed E-state index contributed by atoms with van der Waals surface area (Å²) in [7, 11) is 0. The van der Waals surface area contributed by atoms with E-state index >= 15 is 0 Å². The molecule has 2 aromatic rings. The fourth-order valence-electron chi connectivity index (χ4n) is 1.43. The first-order chi connectivity index (χ1) is 6.20. The number of para-hydroxylation sites is 1. The van der Waals surface area contributed by atoms with Crippen molar-refractivity contribution in [2.45, 2.75) is 19.9 Å². The number of halogens is 1. The zero-order valence-electron chi connectivity index (χ0n) is 7.66. The highest BCUT2D eigenvalue weighted by Crippen LogP contribution is 2.19. The van der Waals surface area contributed by atoms with Crippen LogP contribution in [0.1, 0.15) is 19.9 Å². The average Bonchev–Trinajstić information content (AvgIpc) is 2.48. The molecular formula is C10H11FN2. The Labute approximate surface area is 76.0 Å². The van der Waals surface area contributed by atoms with Crippen molar-refractivity contribution in [2.75, 3.05) is 0 Å². The molecule has 0 aliphatic rings. The van der Waals surface area contributed by atoms with Crippen LogP contribution in [0, 0.1) is 5.82 Å². The summed E-state index contributed by atoms with van der Waals surface area (Å²) in [6, 6.07) is 5.33. The topological polar surface area (TPSA) is 17.8 Å². The normalized spacial score (nSPS) is 11.4. The molecule has 1 heterocycles. The molecule has 3 heteroatoms. The van der Waals surface area contributed by atoms with Crippen molar-refractivity contribution in [2.24, 2.45) is 0 Å². The van der Waals surface area contributed by atoms with Crippen LogP contribution in [-0.2, 0) is 0 Å². The lowest BCUT2D eigenvalue weighted by atomic mass is 10.3. The fourth-order valence-corrected chi connectivity index (χ4v) is 1.43. The highest BCUT2D eigenvalue weighted by Gasteiger charge is 2.07. The Bertz CT molecular complexity index is 431. The molecule has 0 bridgehead atoms. The van der Waals surface area contributed by atoms with E-state index in [1.807, 2.05) is 24.5 Å². The molecular weight excluding hydrogens is 167 g/mol. The standard InChI is InChI=1S/C10H11FN2/c1-7(2)13-6-12-10-8(11)4-3-5-9(10)13/h3-7H,1-2H3. The molecule has 0 fully saturated rings. The molecule has 13 heavy (non-hydrogen) atoms. The van der Waals surface area contributed by atoms with Crippen LogP contribution >= 0.6 is 0 Å². The van der Waals surface area contributed by atoms with Crippen LogP contribution < -0.4 is 0 Å². The van der Waals surface area contributed by atoms with Crippen LogP contribution in [0.3, 0.4) is 0 Å². The van der Waals surface area contributed by atoms with Gasteiger partial charge in [-0.3, -0.25) is 0 Å². The predicted molar refractivity (Wildman–Crippen MR) is 50.1 cm³/mol. The van der Waals surface area contributed by atoms with Crippen molar-refractivity contribution in [1.29, 1.82) is 0 Å². The summed E-state index contributed by atoms with van der Waals surface area (Å²) in [4.78, 5) is 4.03. The zero-order valence-corrected chi connectivity index (χ0v) is 7.66. The van der Waals surface area contributed by atoms with Crippen molar-refractivity contribution in [3.8, 4) is 0 Å². The van der Waals surface area contributed by atoms with E-state index in [2.05, 4.69) is 4.98 Å². The molecule has 1 aromatic carbocycles. The molecule has 0 saturated carbocycles. The van der Waals surface area contributed by atoms with Gasteiger partial charge in [-0.15, -0.1) is 0 Å². The van der Waals surface area contributed by atoms with Gasteiger partial charge in [0.25, 0.3) is 0 Å². The number of hydrogen-bond acceptors (Lipinski definition) is 1.